The Bertz CT molecular complexity index is 1420. The predicted molar refractivity (Wildman–Crippen MR) is 143 cm³/mol. The topological polar surface area (TPSA) is 119 Å². The minimum absolute atomic E-state index is 0.0277. The van der Waals surface area contributed by atoms with Gasteiger partial charge in [-0.15, -0.1) is 0 Å². The van der Waals surface area contributed by atoms with Gasteiger partial charge in [0.25, 0.3) is 11.8 Å². The van der Waals surface area contributed by atoms with Crippen molar-refractivity contribution >= 4 is 17.7 Å². The molecule has 1 saturated heterocycles. The lowest BCUT2D eigenvalue weighted by Gasteiger charge is -2.30. The number of hydrogen-bond acceptors (Lipinski definition) is 5. The molecule has 4 rings (SSSR count). The standard InChI is InChI=1S/C30H30F3N3O5/c1-17-22(8-5-9-26(17)37)28(39)35-24(12-18-6-3-2-4-7-18)27(38)30(41)36-16-21(32)14-25(36)29(40)34-15-19-13-20(31)10-11-23(19)33/h2-11,13,21,24-25,27,37-38H,12,14-16H2,1H3,(H,34,40)(H,35,39)/t21-,24+,25+,27+/m1/s1. The molecule has 4 N–H and O–H groups in total. The summed E-state index contributed by atoms with van der Waals surface area (Å²) in [6.45, 7) is 0.680. The lowest BCUT2D eigenvalue weighted by Crippen LogP contribution is -2.55. The van der Waals surface area contributed by atoms with Crippen LogP contribution in [0.2, 0.25) is 0 Å². The number of halogens is 3. The van der Waals surface area contributed by atoms with Crippen molar-refractivity contribution in [3.8, 4) is 5.75 Å². The van der Waals surface area contributed by atoms with Crippen molar-refractivity contribution < 1.29 is 37.8 Å². The lowest BCUT2D eigenvalue weighted by molar-refractivity contribution is -0.146. The number of nitrogens with zero attached hydrogens (tertiary/aromatic N) is 1. The number of alkyl halides is 1. The number of aromatic hydroxyl groups is 1. The second-order valence-electron chi connectivity index (χ2n) is 9.96. The molecule has 216 valence electrons. The third-order valence-corrected chi connectivity index (χ3v) is 7.10. The molecule has 3 aromatic carbocycles. The van der Waals surface area contributed by atoms with E-state index < -0.39 is 66.8 Å². The van der Waals surface area contributed by atoms with Crippen molar-refractivity contribution in [1.82, 2.24) is 15.5 Å². The van der Waals surface area contributed by atoms with E-state index in [0.717, 1.165) is 23.1 Å². The van der Waals surface area contributed by atoms with Crippen LogP contribution < -0.4 is 10.6 Å². The fraction of sp³-hybridized carbons (Fsp3) is 0.300. The average molecular weight is 570 g/mol. The first kappa shape index (κ1) is 29.6. The zero-order valence-electron chi connectivity index (χ0n) is 22.2. The zero-order valence-corrected chi connectivity index (χ0v) is 22.2. The first-order chi connectivity index (χ1) is 19.5. The van der Waals surface area contributed by atoms with Crippen LogP contribution in [0.15, 0.2) is 66.7 Å². The molecule has 1 fully saturated rings. The van der Waals surface area contributed by atoms with Crippen LogP contribution in [0.3, 0.4) is 0 Å². The van der Waals surface area contributed by atoms with E-state index in [1.807, 2.05) is 0 Å². The largest absolute Gasteiger partial charge is 0.508 e. The molecule has 1 aliphatic heterocycles. The zero-order chi connectivity index (χ0) is 29.7. The highest BCUT2D eigenvalue weighted by Gasteiger charge is 2.43. The molecule has 0 unspecified atom stereocenters. The average Bonchev–Trinajstić information content (AvgIpc) is 3.35. The van der Waals surface area contributed by atoms with Crippen LogP contribution in [-0.2, 0) is 22.6 Å². The molecule has 0 saturated carbocycles. The van der Waals surface area contributed by atoms with E-state index in [4.69, 9.17) is 0 Å². The summed E-state index contributed by atoms with van der Waals surface area (Å²) in [4.78, 5) is 40.4. The maximum absolute atomic E-state index is 14.5. The molecular formula is C30H30F3N3O5. The van der Waals surface area contributed by atoms with E-state index in [0.29, 0.717) is 11.1 Å². The second kappa shape index (κ2) is 12.9. The minimum Gasteiger partial charge on any atom is -0.508 e. The van der Waals surface area contributed by atoms with Gasteiger partial charge < -0.3 is 25.7 Å². The SMILES string of the molecule is Cc1c(O)cccc1C(=O)N[C@@H](Cc1ccccc1)[C@H](O)C(=O)N1C[C@H](F)C[C@H]1C(=O)NCc1cc(F)ccc1F. The number of carbonyl (C=O) groups is 3. The maximum atomic E-state index is 14.5. The molecular weight excluding hydrogens is 539 g/mol. The summed E-state index contributed by atoms with van der Waals surface area (Å²) in [6, 6.07) is 13.4. The van der Waals surface area contributed by atoms with Crippen LogP contribution >= 0.6 is 0 Å². The number of carbonyl (C=O) groups excluding carboxylic acids is 3. The van der Waals surface area contributed by atoms with Gasteiger partial charge in [-0.2, -0.15) is 0 Å². The van der Waals surface area contributed by atoms with Crippen LogP contribution in [0, 0.1) is 18.6 Å². The van der Waals surface area contributed by atoms with E-state index in [1.165, 1.54) is 18.2 Å². The third kappa shape index (κ3) is 7.04. The molecule has 4 atom stereocenters. The van der Waals surface area contributed by atoms with Crippen LogP contribution in [0.25, 0.3) is 0 Å². The number of likely N-dealkylation sites (tertiary alicyclic amines) is 1. The smallest absolute Gasteiger partial charge is 0.254 e. The Hall–Kier alpha value is -4.38. The van der Waals surface area contributed by atoms with Crippen molar-refractivity contribution in [1.29, 1.82) is 0 Å². The Morgan fingerprint density at radius 3 is 2.51 bits per heavy atom. The number of phenolic OH excluding ortho intramolecular Hbond substituents is 1. The molecule has 0 spiro atoms. The molecule has 0 bridgehead atoms. The first-order valence-electron chi connectivity index (χ1n) is 13.0. The van der Waals surface area contributed by atoms with Crippen molar-refractivity contribution in [2.24, 2.45) is 0 Å². The van der Waals surface area contributed by atoms with Gasteiger partial charge in [0, 0.05) is 29.7 Å². The summed E-state index contributed by atoms with van der Waals surface area (Å²) >= 11 is 0. The maximum Gasteiger partial charge on any atom is 0.254 e. The van der Waals surface area contributed by atoms with E-state index in [-0.39, 0.29) is 29.7 Å². The molecule has 0 radical (unpaired) electrons. The van der Waals surface area contributed by atoms with Gasteiger partial charge in [-0.25, -0.2) is 13.2 Å². The number of benzene rings is 3. The van der Waals surface area contributed by atoms with E-state index >= 15 is 0 Å². The number of amides is 3. The number of aliphatic hydroxyl groups excluding tert-OH is 1. The summed E-state index contributed by atoms with van der Waals surface area (Å²) in [5.41, 5.74) is 0.998. The number of aliphatic hydroxyl groups is 1. The molecule has 8 nitrogen and oxygen atoms in total. The summed E-state index contributed by atoms with van der Waals surface area (Å²) < 4.78 is 42.0. The Morgan fingerprint density at radius 1 is 1.05 bits per heavy atom. The van der Waals surface area contributed by atoms with Gasteiger partial charge in [-0.05, 0) is 49.2 Å². The second-order valence-corrected chi connectivity index (χ2v) is 9.96. The van der Waals surface area contributed by atoms with E-state index in [2.05, 4.69) is 10.6 Å². The summed E-state index contributed by atoms with van der Waals surface area (Å²) in [5.74, 6) is -3.97. The van der Waals surface area contributed by atoms with Gasteiger partial charge in [0.15, 0.2) is 6.10 Å². The Labute approximate surface area is 234 Å². The number of nitrogens with one attached hydrogen (secondary N) is 2. The molecule has 41 heavy (non-hydrogen) atoms. The third-order valence-electron chi connectivity index (χ3n) is 7.10. The predicted octanol–water partition coefficient (Wildman–Crippen LogP) is 2.94. The van der Waals surface area contributed by atoms with Crippen molar-refractivity contribution in [3.63, 3.8) is 0 Å². The molecule has 3 aromatic rings. The number of rotatable bonds is 9. The fourth-order valence-corrected chi connectivity index (χ4v) is 4.82. The normalized spacial score (nSPS) is 18.0. The van der Waals surface area contributed by atoms with Crippen LogP contribution in [0.1, 0.15) is 33.5 Å². The molecule has 1 heterocycles. The van der Waals surface area contributed by atoms with Crippen LogP contribution in [0.5, 0.6) is 5.75 Å². The van der Waals surface area contributed by atoms with Gasteiger partial charge in [0.2, 0.25) is 5.91 Å². The highest BCUT2D eigenvalue weighted by molar-refractivity contribution is 5.97. The Balaban J connectivity index is 1.53. The molecule has 0 aliphatic carbocycles. The summed E-state index contributed by atoms with van der Waals surface area (Å²) in [6.07, 6.45) is -3.75. The monoisotopic (exact) mass is 569 g/mol. The number of hydrogen-bond donors (Lipinski definition) is 4. The lowest BCUT2D eigenvalue weighted by atomic mass is 9.98. The summed E-state index contributed by atoms with van der Waals surface area (Å²) in [7, 11) is 0. The Kier molecular flexibility index (Phi) is 9.28. The number of phenols is 1. The summed E-state index contributed by atoms with van der Waals surface area (Å²) in [5, 5.41) is 26.2. The van der Waals surface area contributed by atoms with E-state index in [9.17, 15) is 37.8 Å². The van der Waals surface area contributed by atoms with Gasteiger partial charge in [0.1, 0.15) is 29.6 Å². The van der Waals surface area contributed by atoms with Gasteiger partial charge in [0.05, 0.1) is 12.6 Å². The van der Waals surface area contributed by atoms with Crippen molar-refractivity contribution in [2.45, 2.75) is 50.7 Å². The fourth-order valence-electron chi connectivity index (χ4n) is 4.82. The first-order valence-corrected chi connectivity index (χ1v) is 13.0. The van der Waals surface area contributed by atoms with Gasteiger partial charge in [-0.3, -0.25) is 14.4 Å². The highest BCUT2D eigenvalue weighted by atomic mass is 19.1. The minimum atomic E-state index is -1.86. The van der Waals surface area contributed by atoms with Gasteiger partial charge in [-0.1, -0.05) is 36.4 Å². The van der Waals surface area contributed by atoms with Crippen molar-refractivity contribution in [2.75, 3.05) is 6.54 Å². The molecule has 3 amide bonds. The highest BCUT2D eigenvalue weighted by Crippen LogP contribution is 2.24. The van der Waals surface area contributed by atoms with Crippen LogP contribution in [0.4, 0.5) is 13.2 Å². The van der Waals surface area contributed by atoms with Crippen LogP contribution in [-0.4, -0.2) is 63.7 Å². The van der Waals surface area contributed by atoms with Crippen molar-refractivity contribution in [3.05, 3.63) is 101 Å². The molecule has 1 aliphatic rings. The Morgan fingerprint density at radius 2 is 1.78 bits per heavy atom. The van der Waals surface area contributed by atoms with Gasteiger partial charge >= 0.3 is 0 Å². The quantitative estimate of drug-likeness (QED) is 0.316. The molecule has 11 heteroatoms. The van der Waals surface area contributed by atoms with E-state index in [1.54, 1.807) is 37.3 Å². The molecule has 0 aromatic heterocycles.